The van der Waals surface area contributed by atoms with E-state index in [1.54, 1.807) is 0 Å². The molecule has 0 rings (SSSR count). The van der Waals surface area contributed by atoms with Crippen molar-refractivity contribution in [3.8, 4) is 0 Å². The normalized spacial score (nSPS) is 0. The Bertz CT molecular complexity index is 6.85. The van der Waals surface area contributed by atoms with Gasteiger partial charge in [-0.3, -0.25) is 0 Å². The summed E-state index contributed by atoms with van der Waals surface area (Å²) in [7, 11) is 0. The van der Waals surface area contributed by atoms with Gasteiger partial charge in [0.05, 0.1) is 0 Å². The van der Waals surface area contributed by atoms with Gasteiger partial charge in [-0.05, 0) is 0 Å². The molecule has 0 aromatic carbocycles. The fraction of sp³-hybridized carbons (Fsp3) is 0. The summed E-state index contributed by atoms with van der Waals surface area (Å²) in [6.07, 6.45) is 0. The maximum atomic E-state index is 0. The minimum Gasteiger partial charge on any atom is -1.00 e. The largest absolute Gasteiger partial charge is 3.00 e. The van der Waals surface area contributed by atoms with Crippen LogP contribution < -0.4 is 37.2 Å². The first-order chi connectivity index (χ1) is 0. The van der Waals surface area contributed by atoms with Crippen LogP contribution >= 0.6 is 0 Å². The molecule has 0 fully saturated rings. The molecule has 5 heavy (non-hydrogen) atoms. The van der Waals surface area contributed by atoms with E-state index < -0.39 is 0 Å². The summed E-state index contributed by atoms with van der Waals surface area (Å²) in [5, 5.41) is 0. The van der Waals surface area contributed by atoms with E-state index in [9.17, 15) is 0 Å². The molecular weight excluding hydrogens is 255 g/mol. The topological polar surface area (TPSA) is 0 Å². The second-order valence-corrected chi connectivity index (χ2v) is 0. The van der Waals surface area contributed by atoms with Crippen LogP contribution in [0, 0.1) is 0 Å². The monoisotopic (exact) mass is 255 g/mol. The Morgan fingerprint density at radius 1 is 0.600 bits per heavy atom. The summed E-state index contributed by atoms with van der Waals surface area (Å²) in [5.41, 5.74) is 0. The molecule has 0 spiro atoms. The van der Waals surface area contributed by atoms with Gasteiger partial charge in [0.1, 0.15) is 0 Å². The van der Waals surface area contributed by atoms with Crippen LogP contribution in [0.15, 0.2) is 0 Å². The first kappa shape index (κ1) is 57.0. The average molecular weight is 255 g/mol. The van der Waals surface area contributed by atoms with Crippen LogP contribution in [0.4, 0.5) is 0 Å². The molecule has 0 aromatic rings. The van der Waals surface area contributed by atoms with Crippen molar-refractivity contribution in [3.63, 3.8) is 0 Å². The molecule has 5 heteroatoms. The van der Waals surface area contributed by atoms with Crippen LogP contribution in [-0.2, 0) is 41.2 Å². The van der Waals surface area contributed by atoms with E-state index in [0.29, 0.717) is 0 Å². The molecule has 0 saturated carbocycles. The molecule has 0 atom stereocenters. The summed E-state index contributed by atoms with van der Waals surface area (Å²) in [5.74, 6) is 0. The van der Waals surface area contributed by atoms with E-state index >= 15 is 0 Å². The van der Waals surface area contributed by atoms with Crippen LogP contribution in [-0.4, -0.2) is 0 Å². The van der Waals surface area contributed by atoms with Gasteiger partial charge in [-0.25, -0.2) is 0 Å². The number of rotatable bonds is 0. The zero-order chi connectivity index (χ0) is 0. The average Bonchev–Trinajstić information content (AvgIpc) is 0. The van der Waals surface area contributed by atoms with E-state index in [4.69, 9.17) is 0 Å². The Kier molecular flexibility index (Phi) is 394. The Morgan fingerprint density at radius 2 is 0.600 bits per heavy atom. The zero-order valence-corrected chi connectivity index (χ0v) is 7.55. The predicted octanol–water partition coefficient (Wildman–Crippen LogP) is -8.99. The van der Waals surface area contributed by atoms with E-state index in [1.165, 1.54) is 0 Å². The van der Waals surface area contributed by atoms with Gasteiger partial charge in [0.15, 0.2) is 0 Å². The molecular formula is Cl3RuTi. The quantitative estimate of drug-likeness (QED) is 0.377. The van der Waals surface area contributed by atoms with Crippen molar-refractivity contribution in [2.45, 2.75) is 0 Å². The Labute approximate surface area is 77.7 Å². The van der Waals surface area contributed by atoms with Gasteiger partial charge in [-0.1, -0.05) is 0 Å². The van der Waals surface area contributed by atoms with Gasteiger partial charge in [-0.2, -0.15) is 0 Å². The standard InChI is InChI=1S/3ClH.Ru.Ti/h3*1H;;/q;;;;+3/p-3. The van der Waals surface area contributed by atoms with Gasteiger partial charge in [-0.15, -0.1) is 0 Å². The molecule has 0 amide bonds. The van der Waals surface area contributed by atoms with Crippen molar-refractivity contribution >= 4 is 0 Å². The molecule has 33 valence electrons. The van der Waals surface area contributed by atoms with Gasteiger partial charge in [0.25, 0.3) is 0 Å². The van der Waals surface area contributed by atoms with Crippen molar-refractivity contribution in [1.82, 2.24) is 0 Å². The Hall–Kier alpha value is 2.21. The second kappa shape index (κ2) is 34.5. The molecule has 0 aliphatic rings. The summed E-state index contributed by atoms with van der Waals surface area (Å²) < 4.78 is 0. The van der Waals surface area contributed by atoms with Crippen LogP contribution in [0.5, 0.6) is 0 Å². The van der Waals surface area contributed by atoms with E-state index in [1.807, 2.05) is 0 Å². The maximum Gasteiger partial charge on any atom is 3.00 e. The van der Waals surface area contributed by atoms with Crippen LogP contribution in [0.2, 0.25) is 0 Å². The van der Waals surface area contributed by atoms with Crippen LogP contribution in [0.25, 0.3) is 0 Å². The molecule has 1 radical (unpaired) electrons. The molecule has 0 aliphatic carbocycles. The number of hydrogen-bond acceptors (Lipinski definition) is 0. The first-order valence-corrected chi connectivity index (χ1v) is 0. The molecule has 0 N–H and O–H groups in total. The molecule has 0 bridgehead atoms. The minimum absolute atomic E-state index is 0. The molecule has 0 aliphatic heterocycles. The van der Waals surface area contributed by atoms with Crippen molar-refractivity contribution in [2.75, 3.05) is 0 Å². The van der Waals surface area contributed by atoms with Gasteiger partial charge in [0, 0.05) is 19.5 Å². The van der Waals surface area contributed by atoms with Crippen molar-refractivity contribution in [3.05, 3.63) is 0 Å². The molecule has 0 unspecified atom stereocenters. The third kappa shape index (κ3) is 22.5. The summed E-state index contributed by atoms with van der Waals surface area (Å²) >= 11 is 0. The van der Waals surface area contributed by atoms with Crippen LogP contribution in [0.3, 0.4) is 0 Å². The Morgan fingerprint density at radius 3 is 0.600 bits per heavy atom. The second-order valence-electron chi connectivity index (χ2n) is 0. The van der Waals surface area contributed by atoms with Crippen molar-refractivity contribution in [1.29, 1.82) is 0 Å². The molecule has 0 aromatic heterocycles. The molecule has 0 heterocycles. The smallest absolute Gasteiger partial charge is 1.00 e. The fourth-order valence-electron chi connectivity index (χ4n) is 0. The summed E-state index contributed by atoms with van der Waals surface area (Å²) in [4.78, 5) is 0. The van der Waals surface area contributed by atoms with Crippen molar-refractivity contribution < 1.29 is 78.4 Å². The van der Waals surface area contributed by atoms with Gasteiger partial charge in [0.2, 0.25) is 0 Å². The van der Waals surface area contributed by atoms with Crippen LogP contribution in [0.1, 0.15) is 0 Å². The maximum absolute atomic E-state index is 0. The first-order valence-electron chi connectivity index (χ1n) is 0. The minimum atomic E-state index is 0. The number of hydrogen-bond donors (Lipinski definition) is 0. The van der Waals surface area contributed by atoms with Gasteiger partial charge < -0.3 is 37.2 Å². The summed E-state index contributed by atoms with van der Waals surface area (Å²) in [6, 6.07) is 0. The Balaban J connectivity index is 0. The molecule has 0 saturated heterocycles. The van der Waals surface area contributed by atoms with E-state index in [0.717, 1.165) is 0 Å². The van der Waals surface area contributed by atoms with E-state index in [-0.39, 0.29) is 78.4 Å². The SMILES string of the molecule is [Cl-].[Cl-].[Cl-].[Ru].[Ti+3]. The van der Waals surface area contributed by atoms with Gasteiger partial charge >= 0.3 is 21.7 Å². The third-order valence-corrected chi connectivity index (χ3v) is 0. The molecule has 0 nitrogen and oxygen atoms in total. The summed E-state index contributed by atoms with van der Waals surface area (Å²) in [6.45, 7) is 0. The predicted molar refractivity (Wildman–Crippen MR) is 0 cm³/mol. The van der Waals surface area contributed by atoms with Crippen molar-refractivity contribution in [2.24, 2.45) is 0 Å². The zero-order valence-electron chi connectivity index (χ0n) is 1.99. The number of halogens is 3. The van der Waals surface area contributed by atoms with E-state index in [2.05, 4.69) is 0 Å². The third-order valence-electron chi connectivity index (χ3n) is 0. The fourth-order valence-corrected chi connectivity index (χ4v) is 0.